The van der Waals surface area contributed by atoms with E-state index in [0.717, 1.165) is 32.1 Å². The summed E-state index contributed by atoms with van der Waals surface area (Å²) in [7, 11) is 0. The smallest absolute Gasteiger partial charge is 0.163 e. The summed E-state index contributed by atoms with van der Waals surface area (Å²) < 4.78 is 32.8. The van der Waals surface area contributed by atoms with Crippen LogP contribution in [-0.2, 0) is 11.3 Å². The van der Waals surface area contributed by atoms with Gasteiger partial charge in [-0.25, -0.2) is 8.78 Å². The van der Waals surface area contributed by atoms with Gasteiger partial charge in [0.15, 0.2) is 11.6 Å². The highest BCUT2D eigenvalue weighted by atomic mass is 19.2. The molecule has 1 aromatic rings. The summed E-state index contributed by atoms with van der Waals surface area (Å²) in [6.07, 6.45) is 3.57. The van der Waals surface area contributed by atoms with Crippen molar-refractivity contribution < 1.29 is 13.5 Å². The van der Waals surface area contributed by atoms with Gasteiger partial charge in [-0.3, -0.25) is 4.90 Å². The highest BCUT2D eigenvalue weighted by molar-refractivity contribution is 5.18. The first-order valence-electron chi connectivity index (χ1n) is 7.36. The number of hydrogen-bond acceptors (Lipinski definition) is 2. The van der Waals surface area contributed by atoms with Gasteiger partial charge in [-0.15, -0.1) is 0 Å². The van der Waals surface area contributed by atoms with Crippen molar-refractivity contribution in [2.45, 2.75) is 51.8 Å². The fourth-order valence-corrected chi connectivity index (χ4v) is 2.56. The van der Waals surface area contributed by atoms with Crippen molar-refractivity contribution in [1.29, 1.82) is 0 Å². The topological polar surface area (TPSA) is 12.5 Å². The molecular weight excluding hydrogens is 260 g/mol. The van der Waals surface area contributed by atoms with Crippen LogP contribution >= 0.6 is 0 Å². The van der Waals surface area contributed by atoms with Crippen LogP contribution in [0.5, 0.6) is 0 Å². The van der Waals surface area contributed by atoms with Crippen molar-refractivity contribution in [1.82, 2.24) is 4.90 Å². The van der Waals surface area contributed by atoms with Crippen molar-refractivity contribution >= 4 is 0 Å². The molecule has 0 bridgehead atoms. The zero-order valence-corrected chi connectivity index (χ0v) is 12.2. The SMILES string of the molecule is CC(C)N(Cc1cccc(F)c1F)CC1CCCCO1. The monoisotopic (exact) mass is 283 g/mol. The molecule has 1 atom stereocenters. The molecular formula is C16H23F2NO. The summed E-state index contributed by atoms with van der Waals surface area (Å²) in [6.45, 7) is 6.14. The van der Waals surface area contributed by atoms with E-state index in [9.17, 15) is 8.78 Å². The van der Waals surface area contributed by atoms with Crippen molar-refractivity contribution in [3.63, 3.8) is 0 Å². The van der Waals surface area contributed by atoms with Gasteiger partial charge >= 0.3 is 0 Å². The zero-order valence-electron chi connectivity index (χ0n) is 12.2. The Bertz CT molecular complexity index is 430. The minimum Gasteiger partial charge on any atom is -0.377 e. The van der Waals surface area contributed by atoms with E-state index < -0.39 is 11.6 Å². The maximum atomic E-state index is 13.8. The molecule has 0 saturated carbocycles. The number of halogens is 2. The summed E-state index contributed by atoms with van der Waals surface area (Å²) in [5, 5.41) is 0. The van der Waals surface area contributed by atoms with Crippen molar-refractivity contribution in [3.8, 4) is 0 Å². The number of nitrogens with zero attached hydrogens (tertiary/aromatic N) is 1. The number of benzene rings is 1. The molecule has 0 aromatic heterocycles. The first-order chi connectivity index (χ1) is 9.58. The lowest BCUT2D eigenvalue weighted by atomic mass is 10.1. The summed E-state index contributed by atoms with van der Waals surface area (Å²) in [5.74, 6) is -1.51. The number of ether oxygens (including phenoxy) is 1. The standard InChI is InChI=1S/C16H23F2NO/c1-12(2)19(11-14-7-3-4-9-20-14)10-13-6-5-8-15(17)16(13)18/h5-6,8,12,14H,3-4,7,9-11H2,1-2H3. The van der Waals surface area contributed by atoms with Crippen molar-refractivity contribution in [2.75, 3.05) is 13.2 Å². The highest BCUT2D eigenvalue weighted by Gasteiger charge is 2.21. The van der Waals surface area contributed by atoms with Crippen molar-refractivity contribution in [2.24, 2.45) is 0 Å². The summed E-state index contributed by atoms with van der Waals surface area (Å²) in [4.78, 5) is 2.15. The molecule has 1 aliphatic rings. The van der Waals surface area contributed by atoms with Gasteiger partial charge in [0.25, 0.3) is 0 Å². The van der Waals surface area contributed by atoms with E-state index in [2.05, 4.69) is 18.7 Å². The van der Waals surface area contributed by atoms with Gasteiger partial charge in [-0.1, -0.05) is 12.1 Å². The summed E-state index contributed by atoms with van der Waals surface area (Å²) in [5.41, 5.74) is 0.412. The summed E-state index contributed by atoms with van der Waals surface area (Å²) in [6, 6.07) is 4.63. The average molecular weight is 283 g/mol. The number of rotatable bonds is 5. The fraction of sp³-hybridized carbons (Fsp3) is 0.625. The van der Waals surface area contributed by atoms with Crippen LogP contribution in [0, 0.1) is 11.6 Å². The lowest BCUT2D eigenvalue weighted by Crippen LogP contribution is -2.39. The van der Waals surface area contributed by atoms with E-state index in [1.165, 1.54) is 6.42 Å². The molecule has 0 aliphatic carbocycles. The van der Waals surface area contributed by atoms with E-state index in [1.807, 2.05) is 0 Å². The second kappa shape index (κ2) is 7.14. The predicted octanol–water partition coefficient (Wildman–Crippen LogP) is 3.74. The van der Waals surface area contributed by atoms with Crippen LogP contribution < -0.4 is 0 Å². The van der Waals surface area contributed by atoms with E-state index in [-0.39, 0.29) is 12.1 Å². The van der Waals surface area contributed by atoms with Crippen LogP contribution in [-0.4, -0.2) is 30.2 Å². The maximum Gasteiger partial charge on any atom is 0.163 e. The van der Waals surface area contributed by atoms with E-state index in [1.54, 1.807) is 12.1 Å². The maximum absolute atomic E-state index is 13.8. The third-order valence-electron chi connectivity index (χ3n) is 3.85. The van der Waals surface area contributed by atoms with Gasteiger partial charge in [0.2, 0.25) is 0 Å². The Morgan fingerprint density at radius 3 is 2.75 bits per heavy atom. The molecule has 1 saturated heterocycles. The Kier molecular flexibility index (Phi) is 5.49. The molecule has 1 aliphatic heterocycles. The molecule has 20 heavy (non-hydrogen) atoms. The molecule has 1 fully saturated rings. The molecule has 4 heteroatoms. The minimum absolute atomic E-state index is 0.211. The van der Waals surface area contributed by atoms with Crippen LogP contribution in [0.2, 0.25) is 0 Å². The first-order valence-corrected chi connectivity index (χ1v) is 7.36. The third-order valence-corrected chi connectivity index (χ3v) is 3.85. The molecule has 1 aromatic carbocycles. The Morgan fingerprint density at radius 1 is 1.30 bits per heavy atom. The van der Waals surface area contributed by atoms with Gasteiger partial charge < -0.3 is 4.74 Å². The molecule has 0 N–H and O–H groups in total. The van der Waals surface area contributed by atoms with Crippen LogP contribution in [0.4, 0.5) is 8.78 Å². The minimum atomic E-state index is -0.778. The quantitative estimate of drug-likeness (QED) is 0.816. The highest BCUT2D eigenvalue weighted by Crippen LogP contribution is 2.19. The average Bonchev–Trinajstić information content (AvgIpc) is 2.44. The molecule has 1 heterocycles. The zero-order chi connectivity index (χ0) is 14.5. The molecule has 0 spiro atoms. The Labute approximate surface area is 119 Å². The van der Waals surface area contributed by atoms with Gasteiger partial charge in [-0.2, -0.15) is 0 Å². The fourth-order valence-electron chi connectivity index (χ4n) is 2.56. The van der Waals surface area contributed by atoms with Gasteiger partial charge in [0.05, 0.1) is 6.10 Å². The lowest BCUT2D eigenvalue weighted by Gasteiger charge is -2.32. The van der Waals surface area contributed by atoms with Gasteiger partial charge in [0, 0.05) is 31.3 Å². The van der Waals surface area contributed by atoms with Crippen LogP contribution in [0.25, 0.3) is 0 Å². The van der Waals surface area contributed by atoms with Crippen molar-refractivity contribution in [3.05, 3.63) is 35.4 Å². The van der Waals surface area contributed by atoms with E-state index >= 15 is 0 Å². The summed E-state index contributed by atoms with van der Waals surface area (Å²) >= 11 is 0. The van der Waals surface area contributed by atoms with Crippen LogP contribution in [0.3, 0.4) is 0 Å². The lowest BCUT2D eigenvalue weighted by molar-refractivity contribution is -0.0131. The molecule has 1 unspecified atom stereocenters. The van der Waals surface area contributed by atoms with E-state index in [4.69, 9.17) is 4.74 Å². The first kappa shape index (κ1) is 15.4. The Morgan fingerprint density at radius 2 is 2.10 bits per heavy atom. The molecule has 112 valence electrons. The largest absolute Gasteiger partial charge is 0.377 e. The Balaban J connectivity index is 2.03. The van der Waals surface area contributed by atoms with Gasteiger partial charge in [0.1, 0.15) is 0 Å². The van der Waals surface area contributed by atoms with Gasteiger partial charge in [-0.05, 0) is 39.2 Å². The van der Waals surface area contributed by atoms with E-state index in [0.29, 0.717) is 12.1 Å². The second-order valence-corrected chi connectivity index (χ2v) is 5.72. The number of hydrogen-bond donors (Lipinski definition) is 0. The van der Waals surface area contributed by atoms with Crippen LogP contribution in [0.15, 0.2) is 18.2 Å². The third kappa shape index (κ3) is 4.00. The predicted molar refractivity (Wildman–Crippen MR) is 75.5 cm³/mol. The van der Waals surface area contributed by atoms with Crippen LogP contribution in [0.1, 0.15) is 38.7 Å². The molecule has 2 rings (SSSR count). The second-order valence-electron chi connectivity index (χ2n) is 5.72. The Hall–Kier alpha value is -1.00. The normalized spacial score (nSPS) is 19.8. The molecule has 2 nitrogen and oxygen atoms in total. The molecule has 0 amide bonds. The molecule has 0 radical (unpaired) electrons.